The van der Waals surface area contributed by atoms with Crippen molar-refractivity contribution in [1.29, 1.82) is 0 Å². The number of hydrogen-bond acceptors (Lipinski definition) is 0. The minimum Gasteiger partial charge on any atom is -0.0990 e. The van der Waals surface area contributed by atoms with Gasteiger partial charge in [-0.3, -0.25) is 0 Å². The normalized spacial score (nSPS) is 46.8. The molecule has 0 saturated heterocycles. The van der Waals surface area contributed by atoms with Gasteiger partial charge in [-0.25, -0.2) is 0 Å². The highest BCUT2D eigenvalue weighted by Gasteiger charge is 2.39. The van der Waals surface area contributed by atoms with Crippen molar-refractivity contribution in [2.75, 3.05) is 0 Å². The number of allylic oxidation sites excluding steroid dienone is 3. The van der Waals surface area contributed by atoms with Crippen LogP contribution in [0.25, 0.3) is 0 Å². The first-order chi connectivity index (χ1) is 4.21. The van der Waals surface area contributed by atoms with E-state index >= 15 is 0 Å². The van der Waals surface area contributed by atoms with Crippen LogP contribution >= 0.6 is 0 Å². The van der Waals surface area contributed by atoms with Crippen LogP contribution in [0.3, 0.4) is 0 Å². The van der Waals surface area contributed by atoms with Gasteiger partial charge in [-0.15, -0.1) is 0 Å². The average Bonchev–Trinajstić information content (AvgIpc) is 2.22. The second-order valence-corrected chi connectivity index (χ2v) is 3.55. The average molecular weight is 120 g/mol. The summed E-state index contributed by atoms with van der Waals surface area (Å²) < 4.78 is 0. The van der Waals surface area contributed by atoms with Crippen molar-refractivity contribution in [3.63, 3.8) is 0 Å². The van der Waals surface area contributed by atoms with Gasteiger partial charge >= 0.3 is 0 Å². The van der Waals surface area contributed by atoms with Crippen LogP contribution in [0.1, 0.15) is 19.8 Å². The highest BCUT2D eigenvalue weighted by Crippen LogP contribution is 2.51. The molecule has 48 valence electrons. The van der Waals surface area contributed by atoms with Gasteiger partial charge < -0.3 is 0 Å². The molecule has 0 aromatic carbocycles. The van der Waals surface area contributed by atoms with Crippen molar-refractivity contribution in [2.24, 2.45) is 11.3 Å². The van der Waals surface area contributed by atoms with Crippen molar-refractivity contribution >= 4 is 0 Å². The predicted octanol–water partition coefficient (Wildman–Crippen LogP) is 2.53. The number of fused-ring (bicyclic) bond motifs is 2. The second-order valence-electron chi connectivity index (χ2n) is 3.55. The molecule has 2 bridgehead atoms. The Morgan fingerprint density at radius 2 is 2.56 bits per heavy atom. The Kier molecular flexibility index (Phi) is 0.769. The second kappa shape index (κ2) is 1.31. The minimum absolute atomic E-state index is 0.394. The summed E-state index contributed by atoms with van der Waals surface area (Å²) in [6.07, 6.45) is 7.23. The zero-order valence-electron chi connectivity index (χ0n) is 5.85. The largest absolute Gasteiger partial charge is 0.0990 e. The van der Waals surface area contributed by atoms with Crippen LogP contribution in [0.4, 0.5) is 0 Å². The van der Waals surface area contributed by atoms with Crippen LogP contribution in [0.15, 0.2) is 24.3 Å². The van der Waals surface area contributed by atoms with Crippen LogP contribution < -0.4 is 0 Å². The Balaban J connectivity index is 2.44. The molecule has 0 nitrogen and oxygen atoms in total. The van der Waals surface area contributed by atoms with Crippen molar-refractivity contribution in [1.82, 2.24) is 0 Å². The van der Waals surface area contributed by atoms with Gasteiger partial charge in [-0.05, 0) is 18.8 Å². The summed E-state index contributed by atoms with van der Waals surface area (Å²) in [6.45, 7) is 6.35. The van der Waals surface area contributed by atoms with Crippen molar-refractivity contribution in [2.45, 2.75) is 19.8 Å². The van der Waals surface area contributed by atoms with E-state index in [1.54, 1.807) is 0 Å². The highest BCUT2D eigenvalue weighted by atomic mass is 14.4. The van der Waals surface area contributed by atoms with Gasteiger partial charge in [0.2, 0.25) is 0 Å². The summed E-state index contributed by atoms with van der Waals surface area (Å²) in [5.74, 6) is 0.836. The molecule has 0 aromatic rings. The maximum atomic E-state index is 4.06. The van der Waals surface area contributed by atoms with Gasteiger partial charge in [-0.2, -0.15) is 0 Å². The Morgan fingerprint density at radius 1 is 1.78 bits per heavy atom. The molecule has 2 aliphatic carbocycles. The third-order valence-electron chi connectivity index (χ3n) is 2.74. The lowest BCUT2D eigenvalue weighted by atomic mass is 9.87. The maximum Gasteiger partial charge on any atom is 0.00658 e. The Hall–Kier alpha value is -0.520. The molecule has 2 unspecified atom stereocenters. The molecule has 1 fully saturated rings. The lowest BCUT2D eigenvalue weighted by Crippen LogP contribution is -2.06. The van der Waals surface area contributed by atoms with Gasteiger partial charge in [-0.1, -0.05) is 31.2 Å². The van der Waals surface area contributed by atoms with Crippen LogP contribution in [0, 0.1) is 11.3 Å². The van der Waals surface area contributed by atoms with Gasteiger partial charge in [0.15, 0.2) is 0 Å². The third-order valence-corrected chi connectivity index (χ3v) is 2.74. The monoisotopic (exact) mass is 120 g/mol. The molecule has 0 aromatic heterocycles. The van der Waals surface area contributed by atoms with E-state index < -0.39 is 0 Å². The quantitative estimate of drug-likeness (QED) is 0.431. The molecule has 1 saturated carbocycles. The fourth-order valence-electron chi connectivity index (χ4n) is 1.98. The Bertz CT molecular complexity index is 188. The van der Waals surface area contributed by atoms with Gasteiger partial charge in [0.25, 0.3) is 0 Å². The molecule has 0 radical (unpaired) electrons. The smallest absolute Gasteiger partial charge is 0.00658 e. The molecule has 0 heteroatoms. The minimum atomic E-state index is 0.394. The maximum absolute atomic E-state index is 4.06. The number of rotatable bonds is 0. The Labute approximate surface area is 56.3 Å². The molecule has 2 rings (SSSR count). The first-order valence-electron chi connectivity index (χ1n) is 3.58. The molecule has 0 amide bonds. The third kappa shape index (κ3) is 0.536. The zero-order chi connectivity index (χ0) is 6.48. The van der Waals surface area contributed by atoms with E-state index in [1.165, 1.54) is 18.4 Å². The highest BCUT2D eigenvalue weighted by molar-refractivity contribution is 5.31. The standard InChI is InChI=1S/C9H12/c1-7-5-8-3-4-9(7,2)6-8/h3-4,8H,1,5-6H2,2H3. The summed E-state index contributed by atoms with van der Waals surface area (Å²) >= 11 is 0. The van der Waals surface area contributed by atoms with Crippen molar-refractivity contribution in [3.05, 3.63) is 24.3 Å². The molecule has 0 aliphatic heterocycles. The molecule has 9 heavy (non-hydrogen) atoms. The van der Waals surface area contributed by atoms with Crippen LogP contribution in [-0.2, 0) is 0 Å². The van der Waals surface area contributed by atoms with Crippen LogP contribution in [-0.4, -0.2) is 0 Å². The van der Waals surface area contributed by atoms with Crippen molar-refractivity contribution in [3.8, 4) is 0 Å². The van der Waals surface area contributed by atoms with Crippen molar-refractivity contribution < 1.29 is 0 Å². The van der Waals surface area contributed by atoms with Gasteiger partial charge in [0.05, 0.1) is 0 Å². The van der Waals surface area contributed by atoms with E-state index in [0.29, 0.717) is 5.41 Å². The number of hydrogen-bond donors (Lipinski definition) is 0. The molecule has 0 heterocycles. The SMILES string of the molecule is C=C1CC2C=CC1(C)C2. The molecular weight excluding hydrogens is 108 g/mol. The molecule has 2 atom stereocenters. The first kappa shape index (κ1) is 5.28. The summed E-state index contributed by atoms with van der Waals surface area (Å²) in [5, 5.41) is 0. The van der Waals surface area contributed by atoms with E-state index in [0.717, 1.165) is 5.92 Å². The van der Waals surface area contributed by atoms with Crippen LogP contribution in [0.5, 0.6) is 0 Å². The van der Waals surface area contributed by atoms with Gasteiger partial charge in [0.1, 0.15) is 0 Å². The van der Waals surface area contributed by atoms with E-state index in [2.05, 4.69) is 25.7 Å². The predicted molar refractivity (Wildman–Crippen MR) is 39.1 cm³/mol. The van der Waals surface area contributed by atoms with E-state index in [-0.39, 0.29) is 0 Å². The molecule has 0 N–H and O–H groups in total. The fourth-order valence-corrected chi connectivity index (χ4v) is 1.98. The fraction of sp³-hybridized carbons (Fsp3) is 0.556. The topological polar surface area (TPSA) is 0 Å². The summed E-state index contributed by atoms with van der Waals surface area (Å²) in [5.41, 5.74) is 1.83. The lowest BCUT2D eigenvalue weighted by molar-refractivity contribution is 0.533. The van der Waals surface area contributed by atoms with Gasteiger partial charge in [0, 0.05) is 5.41 Å². The molecule has 2 aliphatic rings. The summed E-state index contributed by atoms with van der Waals surface area (Å²) in [7, 11) is 0. The molecule has 0 spiro atoms. The first-order valence-corrected chi connectivity index (χ1v) is 3.58. The van der Waals surface area contributed by atoms with E-state index in [1.807, 2.05) is 0 Å². The lowest BCUT2D eigenvalue weighted by Gasteiger charge is -2.18. The molecular formula is C9H12. The Morgan fingerprint density at radius 3 is 2.78 bits per heavy atom. The zero-order valence-corrected chi connectivity index (χ0v) is 5.85. The van der Waals surface area contributed by atoms with E-state index in [9.17, 15) is 0 Å². The van der Waals surface area contributed by atoms with Crippen LogP contribution in [0.2, 0.25) is 0 Å². The summed E-state index contributed by atoms with van der Waals surface area (Å²) in [6, 6.07) is 0. The summed E-state index contributed by atoms with van der Waals surface area (Å²) in [4.78, 5) is 0. The van der Waals surface area contributed by atoms with E-state index in [4.69, 9.17) is 0 Å².